The second kappa shape index (κ2) is 15.6. The molecule has 378 valence electrons. The highest BCUT2D eigenvalue weighted by atomic mass is 16.4. The number of nitrogens with zero attached hydrogens (tertiary/aromatic N) is 2. The van der Waals surface area contributed by atoms with Gasteiger partial charge in [0.15, 0.2) is 0 Å². The fraction of sp³-hybridized carbons (Fsp3) is 0.507. The molecule has 0 radical (unpaired) electrons. The number of rotatable bonds is 3. The standard InChI is InChI=1S/C69H83BN2O/c1-40-31-58-62-59(32-40)72(56-38-53-51(66(8,9)27-29-68(53,12)13)35-47(56)43-19-17-16-18-20-43)57-39-54-52(67(10,11)28-30-69(54,14)15)37-55(57)70(62)61-48-34-45-41(2)21-22-42(3)46(45)36-60(48)73-63(61)71(58)44-23-24-49-50(33-44)65(6,7)26-25-64(49,4)5/h16-20,23-24,31-33,35-39,41-42,45,49-50H,21-22,25-30,34H2,1-15H3. The Hall–Kier alpha value is -4.96. The van der Waals surface area contributed by atoms with Crippen molar-refractivity contribution in [2.24, 2.45) is 40.4 Å². The van der Waals surface area contributed by atoms with Gasteiger partial charge >= 0.3 is 0 Å². The predicted molar refractivity (Wildman–Crippen MR) is 311 cm³/mol. The van der Waals surface area contributed by atoms with Crippen LogP contribution in [0.4, 0.5) is 28.6 Å². The highest BCUT2D eigenvalue weighted by Gasteiger charge is 2.53. The van der Waals surface area contributed by atoms with Gasteiger partial charge in [0.2, 0.25) is 5.88 Å². The van der Waals surface area contributed by atoms with Gasteiger partial charge < -0.3 is 9.32 Å². The van der Waals surface area contributed by atoms with Crippen LogP contribution >= 0.6 is 0 Å². The summed E-state index contributed by atoms with van der Waals surface area (Å²) in [4.78, 5) is 5.43. The summed E-state index contributed by atoms with van der Waals surface area (Å²) in [6.07, 6.45) is 21.1. The van der Waals surface area contributed by atoms with Crippen molar-refractivity contribution in [2.45, 2.75) is 183 Å². The largest absolute Gasteiger partial charge is 0.441 e. The van der Waals surface area contributed by atoms with Crippen molar-refractivity contribution >= 4 is 57.8 Å². The quantitative estimate of drug-likeness (QED) is 0.165. The lowest BCUT2D eigenvalue weighted by Gasteiger charge is -2.52. The summed E-state index contributed by atoms with van der Waals surface area (Å²) in [5.74, 6) is 4.81. The van der Waals surface area contributed by atoms with Gasteiger partial charge in [-0.05, 0) is 225 Å². The topological polar surface area (TPSA) is 19.6 Å². The number of anilines is 5. The van der Waals surface area contributed by atoms with Gasteiger partial charge in [-0.2, -0.15) is 0 Å². The van der Waals surface area contributed by atoms with Crippen LogP contribution in [0.2, 0.25) is 0 Å². The summed E-state index contributed by atoms with van der Waals surface area (Å²) < 4.78 is 7.70. The molecule has 2 aliphatic heterocycles. The number of aryl methyl sites for hydroxylation is 1. The van der Waals surface area contributed by atoms with Crippen molar-refractivity contribution < 1.29 is 4.42 Å². The molecule has 13 rings (SSSR count). The maximum Gasteiger partial charge on any atom is 0.256 e. The molecule has 5 aromatic rings. The van der Waals surface area contributed by atoms with Crippen LogP contribution in [0.25, 0.3) is 17.2 Å². The number of allylic oxidation sites excluding steroid dienone is 4. The van der Waals surface area contributed by atoms with Crippen LogP contribution in [0.1, 0.15) is 187 Å². The third kappa shape index (κ3) is 6.95. The van der Waals surface area contributed by atoms with E-state index in [0.717, 1.165) is 18.1 Å². The lowest BCUT2D eigenvalue weighted by atomic mass is 9.32. The van der Waals surface area contributed by atoms with Gasteiger partial charge in [0, 0.05) is 28.3 Å². The molecule has 0 bridgehead atoms. The van der Waals surface area contributed by atoms with E-state index in [0.29, 0.717) is 29.6 Å². The minimum atomic E-state index is 0.00663. The molecular weight excluding hydrogens is 884 g/mol. The highest BCUT2D eigenvalue weighted by Crippen LogP contribution is 2.59. The first-order valence-corrected chi connectivity index (χ1v) is 28.8. The Morgan fingerprint density at radius 3 is 1.81 bits per heavy atom. The van der Waals surface area contributed by atoms with Crippen molar-refractivity contribution in [2.75, 3.05) is 9.80 Å². The van der Waals surface area contributed by atoms with E-state index in [-0.39, 0.29) is 39.2 Å². The molecule has 73 heavy (non-hydrogen) atoms. The Kier molecular flexibility index (Phi) is 10.2. The van der Waals surface area contributed by atoms with E-state index in [1.807, 2.05) is 0 Å². The Balaban J connectivity index is 1.16. The summed E-state index contributed by atoms with van der Waals surface area (Å²) in [6, 6.07) is 27.2. The molecule has 1 aromatic heterocycles. The molecule has 2 saturated carbocycles. The minimum absolute atomic E-state index is 0.00663. The molecule has 4 aromatic carbocycles. The lowest BCUT2D eigenvalue weighted by molar-refractivity contribution is 0.0326. The van der Waals surface area contributed by atoms with Gasteiger partial charge in [0.05, 0.1) is 5.69 Å². The van der Waals surface area contributed by atoms with Gasteiger partial charge in [0.25, 0.3) is 6.71 Å². The lowest BCUT2D eigenvalue weighted by Crippen LogP contribution is -2.62. The Morgan fingerprint density at radius 2 is 1.16 bits per heavy atom. The maximum atomic E-state index is 7.70. The van der Waals surface area contributed by atoms with Crippen LogP contribution in [0, 0.1) is 47.3 Å². The third-order valence-electron chi connectivity index (χ3n) is 21.6. The van der Waals surface area contributed by atoms with Crippen molar-refractivity contribution in [1.82, 2.24) is 0 Å². The molecule has 8 aliphatic rings. The second-order valence-electron chi connectivity index (χ2n) is 29.1. The first kappa shape index (κ1) is 47.7. The van der Waals surface area contributed by atoms with Gasteiger partial charge in [-0.1, -0.05) is 151 Å². The average Bonchev–Trinajstić information content (AvgIpc) is 3.71. The van der Waals surface area contributed by atoms with Crippen molar-refractivity contribution in [3.8, 4) is 11.1 Å². The summed E-state index contributed by atoms with van der Waals surface area (Å²) in [5.41, 5.74) is 24.4. The smallest absolute Gasteiger partial charge is 0.256 e. The zero-order valence-electron chi connectivity index (χ0n) is 47.3. The Labute approximate surface area is 440 Å². The van der Waals surface area contributed by atoms with Gasteiger partial charge in [-0.15, -0.1) is 0 Å². The molecule has 0 saturated heterocycles. The SMILES string of the molecule is Cc1cc2c3c(c1)N(c1cc4c(cc1-c1ccccc1)C(C)(C)CCC4(C)C)c1cc4c(cc1B3c1c(oc3c1CC1C(=C3)C(C)CCC1C)N2C1=CC2C(C=C1)C(C)(C)CCC2(C)C)C(C)(C)CCC4(C)C. The summed E-state index contributed by atoms with van der Waals surface area (Å²) in [6.45, 7) is 37.5. The molecule has 0 spiro atoms. The fourth-order valence-electron chi connectivity index (χ4n) is 16.4. The first-order valence-electron chi connectivity index (χ1n) is 28.8. The fourth-order valence-corrected chi connectivity index (χ4v) is 16.4. The normalized spacial score (nSPS) is 27.7. The van der Waals surface area contributed by atoms with E-state index in [1.54, 1.807) is 5.57 Å². The summed E-state index contributed by atoms with van der Waals surface area (Å²) >= 11 is 0. The Bertz CT molecular complexity index is 3250. The summed E-state index contributed by atoms with van der Waals surface area (Å²) in [7, 11) is 0. The molecule has 5 atom stereocenters. The van der Waals surface area contributed by atoms with Crippen molar-refractivity contribution in [1.29, 1.82) is 0 Å². The monoisotopic (exact) mass is 967 g/mol. The number of furan rings is 1. The number of hydrogen-bond acceptors (Lipinski definition) is 3. The van der Waals surface area contributed by atoms with Crippen LogP contribution < -0.4 is 26.2 Å². The van der Waals surface area contributed by atoms with Crippen LogP contribution in [-0.4, -0.2) is 6.71 Å². The van der Waals surface area contributed by atoms with E-state index < -0.39 is 0 Å². The molecule has 2 fully saturated rings. The van der Waals surface area contributed by atoms with Crippen LogP contribution in [-0.2, 0) is 28.1 Å². The van der Waals surface area contributed by atoms with Crippen molar-refractivity contribution in [3.05, 3.63) is 135 Å². The van der Waals surface area contributed by atoms with Gasteiger partial charge in [0.1, 0.15) is 5.76 Å². The van der Waals surface area contributed by atoms with E-state index in [1.165, 1.54) is 141 Å². The minimum Gasteiger partial charge on any atom is -0.441 e. The van der Waals surface area contributed by atoms with E-state index in [4.69, 9.17) is 4.42 Å². The molecule has 5 unspecified atom stereocenters. The van der Waals surface area contributed by atoms with Crippen molar-refractivity contribution in [3.63, 3.8) is 0 Å². The van der Waals surface area contributed by atoms with Crippen LogP contribution in [0.3, 0.4) is 0 Å². The van der Waals surface area contributed by atoms with E-state index in [9.17, 15) is 0 Å². The number of benzene rings is 4. The Morgan fingerprint density at radius 1 is 0.589 bits per heavy atom. The first-order chi connectivity index (χ1) is 34.4. The predicted octanol–water partition coefficient (Wildman–Crippen LogP) is 16.9. The summed E-state index contributed by atoms with van der Waals surface area (Å²) in [5, 5.41) is 0. The van der Waals surface area contributed by atoms with E-state index in [2.05, 4.69) is 205 Å². The van der Waals surface area contributed by atoms with Gasteiger partial charge in [-0.25, -0.2) is 0 Å². The molecular formula is C69H83BN2O. The van der Waals surface area contributed by atoms with E-state index >= 15 is 0 Å². The number of fused-ring (bicyclic) bond motifs is 10. The van der Waals surface area contributed by atoms with Crippen LogP contribution in [0.5, 0.6) is 0 Å². The molecule has 0 amide bonds. The molecule has 3 heterocycles. The molecule has 4 heteroatoms. The maximum absolute atomic E-state index is 7.70. The van der Waals surface area contributed by atoms with Crippen LogP contribution in [0.15, 0.2) is 101 Å². The number of hydrogen-bond donors (Lipinski definition) is 0. The molecule has 0 N–H and O–H groups in total. The highest BCUT2D eigenvalue weighted by molar-refractivity contribution is 7.00. The average molecular weight is 967 g/mol. The second-order valence-corrected chi connectivity index (χ2v) is 29.1. The van der Waals surface area contributed by atoms with Gasteiger partial charge in [-0.3, -0.25) is 4.90 Å². The zero-order chi connectivity index (χ0) is 51.3. The third-order valence-corrected chi connectivity index (χ3v) is 21.6. The zero-order valence-corrected chi connectivity index (χ0v) is 47.3. The molecule has 6 aliphatic carbocycles. The molecule has 3 nitrogen and oxygen atoms in total.